The summed E-state index contributed by atoms with van der Waals surface area (Å²) in [6, 6.07) is 6.00. The van der Waals surface area contributed by atoms with Gasteiger partial charge in [0.2, 0.25) is 5.91 Å². The van der Waals surface area contributed by atoms with Gasteiger partial charge in [-0.1, -0.05) is 13.8 Å². The molecular weight excluding hydrogens is 236 g/mol. The van der Waals surface area contributed by atoms with Gasteiger partial charge in [-0.25, -0.2) is 0 Å². The number of anilines is 2. The zero-order valence-corrected chi connectivity index (χ0v) is 11.8. The number of fused-ring (bicyclic) bond motifs is 1. The lowest BCUT2D eigenvalue weighted by molar-refractivity contribution is -0.120. The van der Waals surface area contributed by atoms with Crippen molar-refractivity contribution in [3.63, 3.8) is 0 Å². The van der Waals surface area contributed by atoms with Crippen molar-refractivity contribution in [3.05, 3.63) is 23.8 Å². The van der Waals surface area contributed by atoms with Crippen molar-refractivity contribution < 1.29 is 4.79 Å². The quantitative estimate of drug-likeness (QED) is 0.847. The zero-order chi connectivity index (χ0) is 13.6. The van der Waals surface area contributed by atoms with E-state index in [2.05, 4.69) is 19.9 Å². The van der Waals surface area contributed by atoms with E-state index in [0.717, 1.165) is 24.3 Å². The van der Waals surface area contributed by atoms with E-state index >= 15 is 0 Å². The second-order valence-corrected chi connectivity index (χ2v) is 6.32. The second-order valence-electron chi connectivity index (χ2n) is 6.32. The number of rotatable bonds is 3. The highest BCUT2D eigenvalue weighted by molar-refractivity contribution is 5.98. The van der Waals surface area contributed by atoms with Gasteiger partial charge in [0.1, 0.15) is 0 Å². The highest BCUT2D eigenvalue weighted by atomic mass is 16.2. The summed E-state index contributed by atoms with van der Waals surface area (Å²) in [5.41, 5.74) is 9.00. The van der Waals surface area contributed by atoms with Crippen LogP contribution in [-0.4, -0.2) is 12.5 Å². The molecule has 1 fully saturated rings. The van der Waals surface area contributed by atoms with Crippen LogP contribution in [0.1, 0.15) is 45.1 Å². The maximum absolute atomic E-state index is 12.5. The number of hydrogen-bond acceptors (Lipinski definition) is 2. The molecular formula is C16H22N2O. The van der Waals surface area contributed by atoms with Crippen molar-refractivity contribution in [1.29, 1.82) is 0 Å². The molecule has 0 bridgehead atoms. The molecule has 0 aromatic heterocycles. The molecule has 3 nitrogen and oxygen atoms in total. The Morgan fingerprint density at radius 2 is 2.16 bits per heavy atom. The molecule has 1 unspecified atom stereocenters. The smallest absolute Gasteiger partial charge is 0.227 e. The number of benzene rings is 1. The molecule has 1 aliphatic heterocycles. The molecule has 0 spiro atoms. The number of carbonyl (C=O) groups is 1. The third-order valence-electron chi connectivity index (χ3n) is 4.72. The molecule has 1 aromatic carbocycles. The number of carbonyl (C=O) groups excluding carboxylic acids is 1. The Labute approximate surface area is 114 Å². The third kappa shape index (κ3) is 2.11. The molecule has 19 heavy (non-hydrogen) atoms. The van der Waals surface area contributed by atoms with E-state index in [1.807, 2.05) is 17.0 Å². The number of amides is 1. The lowest BCUT2D eigenvalue weighted by atomic mass is 9.73. The van der Waals surface area contributed by atoms with Gasteiger partial charge in [-0.15, -0.1) is 0 Å². The molecule has 1 aliphatic carbocycles. The number of nitrogens with zero attached hydrogens (tertiary/aromatic N) is 1. The average molecular weight is 258 g/mol. The van der Waals surface area contributed by atoms with E-state index in [1.165, 1.54) is 18.4 Å². The molecule has 2 N–H and O–H groups in total. The predicted octanol–water partition coefficient (Wildman–Crippen LogP) is 3.08. The van der Waals surface area contributed by atoms with E-state index in [1.54, 1.807) is 0 Å². The van der Waals surface area contributed by atoms with Gasteiger partial charge in [0.15, 0.2) is 0 Å². The van der Waals surface area contributed by atoms with Crippen molar-refractivity contribution >= 4 is 17.3 Å². The molecule has 2 aliphatic rings. The molecule has 3 rings (SSSR count). The molecule has 1 heterocycles. The normalized spacial score (nSPS) is 26.4. The standard InChI is InChI=1S/C16H22N2O/c1-3-16(2)9-15(19)18(10-11-4-5-11)14-7-6-12(17)8-13(14)16/h6-8,11H,3-5,9-10,17H2,1-2H3. The van der Waals surface area contributed by atoms with E-state index in [-0.39, 0.29) is 11.3 Å². The number of nitrogen functional groups attached to an aromatic ring is 1. The molecule has 102 valence electrons. The molecule has 3 heteroatoms. The first-order valence-corrected chi connectivity index (χ1v) is 7.24. The van der Waals surface area contributed by atoms with Crippen LogP contribution in [-0.2, 0) is 10.2 Å². The third-order valence-corrected chi connectivity index (χ3v) is 4.72. The van der Waals surface area contributed by atoms with Gasteiger partial charge in [0.25, 0.3) is 0 Å². The summed E-state index contributed by atoms with van der Waals surface area (Å²) in [6.07, 6.45) is 4.09. The fraction of sp³-hybridized carbons (Fsp3) is 0.562. The van der Waals surface area contributed by atoms with Crippen LogP contribution in [0.3, 0.4) is 0 Å². The minimum Gasteiger partial charge on any atom is -0.399 e. The molecule has 1 aromatic rings. The summed E-state index contributed by atoms with van der Waals surface area (Å²) in [5, 5.41) is 0. The Hall–Kier alpha value is -1.51. The maximum atomic E-state index is 12.5. The summed E-state index contributed by atoms with van der Waals surface area (Å²) in [4.78, 5) is 14.5. The Morgan fingerprint density at radius 1 is 1.42 bits per heavy atom. The van der Waals surface area contributed by atoms with Gasteiger partial charge < -0.3 is 10.6 Å². The van der Waals surface area contributed by atoms with Gasteiger partial charge in [0, 0.05) is 29.8 Å². The van der Waals surface area contributed by atoms with Crippen LogP contribution in [0.15, 0.2) is 18.2 Å². The van der Waals surface area contributed by atoms with Crippen molar-refractivity contribution in [2.75, 3.05) is 17.2 Å². The molecule has 0 saturated heterocycles. The summed E-state index contributed by atoms with van der Waals surface area (Å²) < 4.78 is 0. The molecule has 1 saturated carbocycles. The van der Waals surface area contributed by atoms with Crippen molar-refractivity contribution in [2.24, 2.45) is 5.92 Å². The molecule has 1 atom stereocenters. The summed E-state index contributed by atoms with van der Waals surface area (Å²) in [5.74, 6) is 0.980. The summed E-state index contributed by atoms with van der Waals surface area (Å²) in [6.45, 7) is 5.21. The topological polar surface area (TPSA) is 46.3 Å². The van der Waals surface area contributed by atoms with E-state index in [4.69, 9.17) is 5.73 Å². The Balaban J connectivity index is 2.06. The van der Waals surface area contributed by atoms with Crippen LogP contribution in [0.5, 0.6) is 0 Å². The Kier molecular flexibility index (Phi) is 2.80. The number of hydrogen-bond donors (Lipinski definition) is 1. The first-order chi connectivity index (χ1) is 9.03. The van der Waals surface area contributed by atoms with Crippen LogP contribution in [0, 0.1) is 5.92 Å². The Bertz CT molecular complexity index is 521. The molecule has 0 radical (unpaired) electrons. The van der Waals surface area contributed by atoms with Crippen LogP contribution in [0.2, 0.25) is 0 Å². The first-order valence-electron chi connectivity index (χ1n) is 7.24. The summed E-state index contributed by atoms with van der Waals surface area (Å²) in [7, 11) is 0. The van der Waals surface area contributed by atoms with Gasteiger partial charge in [-0.3, -0.25) is 4.79 Å². The lowest BCUT2D eigenvalue weighted by Gasteiger charge is -2.40. The second kappa shape index (κ2) is 4.26. The van der Waals surface area contributed by atoms with Crippen LogP contribution < -0.4 is 10.6 Å². The van der Waals surface area contributed by atoms with Crippen molar-refractivity contribution in [1.82, 2.24) is 0 Å². The predicted molar refractivity (Wildman–Crippen MR) is 78.2 cm³/mol. The largest absolute Gasteiger partial charge is 0.399 e. The van der Waals surface area contributed by atoms with E-state index < -0.39 is 0 Å². The zero-order valence-electron chi connectivity index (χ0n) is 11.8. The van der Waals surface area contributed by atoms with E-state index in [9.17, 15) is 4.79 Å². The Morgan fingerprint density at radius 3 is 2.79 bits per heavy atom. The average Bonchev–Trinajstić information content (AvgIpc) is 3.19. The fourth-order valence-corrected chi connectivity index (χ4v) is 3.01. The van der Waals surface area contributed by atoms with Gasteiger partial charge >= 0.3 is 0 Å². The minimum atomic E-state index is -0.0676. The van der Waals surface area contributed by atoms with Crippen molar-refractivity contribution in [2.45, 2.75) is 44.9 Å². The van der Waals surface area contributed by atoms with Gasteiger partial charge in [-0.2, -0.15) is 0 Å². The summed E-state index contributed by atoms with van der Waals surface area (Å²) >= 11 is 0. The van der Waals surface area contributed by atoms with Gasteiger partial charge in [-0.05, 0) is 48.9 Å². The number of nitrogens with two attached hydrogens (primary N) is 1. The maximum Gasteiger partial charge on any atom is 0.227 e. The van der Waals surface area contributed by atoms with Crippen LogP contribution >= 0.6 is 0 Å². The van der Waals surface area contributed by atoms with Crippen LogP contribution in [0.4, 0.5) is 11.4 Å². The molecule has 1 amide bonds. The SMILES string of the molecule is CCC1(C)CC(=O)N(CC2CC2)c2ccc(N)cc21. The van der Waals surface area contributed by atoms with Gasteiger partial charge in [0.05, 0.1) is 0 Å². The fourth-order valence-electron chi connectivity index (χ4n) is 3.01. The van der Waals surface area contributed by atoms with Crippen LogP contribution in [0.25, 0.3) is 0 Å². The van der Waals surface area contributed by atoms with E-state index in [0.29, 0.717) is 12.3 Å². The monoisotopic (exact) mass is 258 g/mol. The first kappa shape index (κ1) is 12.5. The lowest BCUT2D eigenvalue weighted by Crippen LogP contribution is -2.43. The highest BCUT2D eigenvalue weighted by Crippen LogP contribution is 2.44. The van der Waals surface area contributed by atoms with Crippen molar-refractivity contribution in [3.8, 4) is 0 Å². The minimum absolute atomic E-state index is 0.0676. The highest BCUT2D eigenvalue weighted by Gasteiger charge is 2.40.